The highest BCUT2D eigenvalue weighted by Gasteiger charge is 2.17. The second kappa shape index (κ2) is 7.00. The number of nitrogens with one attached hydrogen (secondary N) is 1. The van der Waals surface area contributed by atoms with Crippen LogP contribution in [0.5, 0.6) is 0 Å². The topological polar surface area (TPSA) is 32.3 Å². The number of thiophene rings is 1. The van der Waals surface area contributed by atoms with Crippen LogP contribution in [0.3, 0.4) is 0 Å². The van der Waals surface area contributed by atoms with Crippen molar-refractivity contribution in [1.29, 1.82) is 0 Å². The van der Waals surface area contributed by atoms with Crippen molar-refractivity contribution in [3.8, 4) is 0 Å². The van der Waals surface area contributed by atoms with E-state index in [2.05, 4.69) is 24.1 Å². The molecule has 0 spiro atoms. The summed E-state index contributed by atoms with van der Waals surface area (Å²) in [5.41, 5.74) is 0.730. The first-order valence-corrected chi connectivity index (χ1v) is 8.08. The Morgan fingerprint density at radius 1 is 1.33 bits per heavy atom. The fraction of sp³-hybridized carbons (Fsp3) is 0.438. The first-order chi connectivity index (χ1) is 10.1. The fourth-order valence-electron chi connectivity index (χ4n) is 2.42. The van der Waals surface area contributed by atoms with Gasteiger partial charge in [-0.1, -0.05) is 19.9 Å². The minimum Gasteiger partial charge on any atom is -0.350 e. The minimum atomic E-state index is -0.261. The molecule has 0 aliphatic carbocycles. The maximum Gasteiger partial charge on any atom is 0.261 e. The molecule has 21 heavy (non-hydrogen) atoms. The highest BCUT2D eigenvalue weighted by molar-refractivity contribution is 7.21. The number of amides is 1. The second-order valence-corrected chi connectivity index (χ2v) is 6.00. The molecule has 1 N–H and O–H groups in total. The van der Waals surface area contributed by atoms with Gasteiger partial charge in [0.2, 0.25) is 0 Å². The van der Waals surface area contributed by atoms with Crippen LogP contribution >= 0.6 is 11.3 Å². The van der Waals surface area contributed by atoms with Crippen LogP contribution in [0.4, 0.5) is 4.39 Å². The number of rotatable bonds is 6. The van der Waals surface area contributed by atoms with Crippen molar-refractivity contribution in [3.63, 3.8) is 0 Å². The van der Waals surface area contributed by atoms with Gasteiger partial charge in [-0.2, -0.15) is 0 Å². The SMILES string of the molecule is CCN(CC)CCNC(=O)c1sc2cccc(F)c2c1C. The standard InChI is InChI=1S/C16H21FN2OS/c1-4-19(5-2)10-9-18-16(20)15-11(3)14-12(17)7-6-8-13(14)21-15/h6-8H,4-5,9-10H2,1-3H3,(H,18,20). The van der Waals surface area contributed by atoms with Gasteiger partial charge in [-0.15, -0.1) is 11.3 Å². The lowest BCUT2D eigenvalue weighted by molar-refractivity contribution is 0.0952. The summed E-state index contributed by atoms with van der Waals surface area (Å²) in [5, 5.41) is 3.49. The van der Waals surface area contributed by atoms with E-state index in [0.717, 1.165) is 29.9 Å². The van der Waals surface area contributed by atoms with Crippen LogP contribution in [0.2, 0.25) is 0 Å². The first-order valence-electron chi connectivity index (χ1n) is 7.26. The van der Waals surface area contributed by atoms with Gasteiger partial charge >= 0.3 is 0 Å². The summed E-state index contributed by atoms with van der Waals surface area (Å²) in [6, 6.07) is 4.96. The average molecular weight is 308 g/mol. The highest BCUT2D eigenvalue weighted by atomic mass is 32.1. The van der Waals surface area contributed by atoms with Crippen LogP contribution in [0.1, 0.15) is 29.1 Å². The fourth-order valence-corrected chi connectivity index (χ4v) is 3.56. The van der Waals surface area contributed by atoms with Crippen molar-refractivity contribution < 1.29 is 9.18 Å². The zero-order valence-electron chi connectivity index (χ0n) is 12.7. The Bertz CT molecular complexity index is 634. The molecule has 0 atom stereocenters. The number of hydrogen-bond donors (Lipinski definition) is 1. The number of carbonyl (C=O) groups is 1. The molecule has 1 aromatic carbocycles. The molecule has 0 radical (unpaired) electrons. The number of fused-ring (bicyclic) bond motifs is 1. The Balaban J connectivity index is 2.10. The van der Waals surface area contributed by atoms with Crippen LogP contribution in [-0.2, 0) is 0 Å². The van der Waals surface area contributed by atoms with Gasteiger partial charge in [0.1, 0.15) is 5.82 Å². The molecule has 0 bridgehead atoms. The molecule has 0 saturated carbocycles. The van der Waals surface area contributed by atoms with E-state index in [1.54, 1.807) is 13.0 Å². The quantitative estimate of drug-likeness (QED) is 0.887. The van der Waals surface area contributed by atoms with E-state index in [9.17, 15) is 9.18 Å². The molecule has 3 nitrogen and oxygen atoms in total. The Labute approximate surface area is 128 Å². The van der Waals surface area contributed by atoms with Crippen LogP contribution in [0.25, 0.3) is 10.1 Å². The number of aryl methyl sites for hydroxylation is 1. The molecule has 1 heterocycles. The number of halogens is 1. The number of nitrogens with zero attached hydrogens (tertiary/aromatic N) is 1. The molecule has 5 heteroatoms. The van der Waals surface area contributed by atoms with Gasteiger partial charge < -0.3 is 10.2 Å². The number of carbonyl (C=O) groups excluding carboxylic acids is 1. The normalized spacial score (nSPS) is 11.3. The Morgan fingerprint density at radius 3 is 2.67 bits per heavy atom. The summed E-state index contributed by atoms with van der Waals surface area (Å²) >= 11 is 1.35. The Hall–Kier alpha value is -1.46. The van der Waals surface area contributed by atoms with E-state index in [1.807, 2.05) is 6.07 Å². The molecule has 1 aromatic heterocycles. The van der Waals surface area contributed by atoms with Crippen molar-refractivity contribution in [3.05, 3.63) is 34.5 Å². The summed E-state index contributed by atoms with van der Waals surface area (Å²) in [7, 11) is 0. The number of hydrogen-bond acceptors (Lipinski definition) is 3. The molecular weight excluding hydrogens is 287 g/mol. The molecule has 0 fully saturated rings. The van der Waals surface area contributed by atoms with E-state index in [-0.39, 0.29) is 11.7 Å². The summed E-state index contributed by atoms with van der Waals surface area (Å²) < 4.78 is 14.7. The highest BCUT2D eigenvalue weighted by Crippen LogP contribution is 2.32. The molecule has 0 unspecified atom stereocenters. The van der Waals surface area contributed by atoms with Crippen LogP contribution < -0.4 is 5.32 Å². The summed E-state index contributed by atoms with van der Waals surface area (Å²) in [5.74, 6) is -0.372. The van der Waals surface area contributed by atoms with E-state index in [1.165, 1.54) is 17.4 Å². The lowest BCUT2D eigenvalue weighted by Crippen LogP contribution is -2.34. The third kappa shape index (κ3) is 3.41. The maximum atomic E-state index is 13.8. The van der Waals surface area contributed by atoms with Gasteiger partial charge in [0.15, 0.2) is 0 Å². The number of benzene rings is 1. The predicted molar refractivity (Wildman–Crippen MR) is 86.6 cm³/mol. The molecular formula is C16H21FN2OS. The molecule has 0 aliphatic heterocycles. The molecule has 0 aliphatic rings. The maximum absolute atomic E-state index is 13.8. The van der Waals surface area contributed by atoms with E-state index in [4.69, 9.17) is 0 Å². The van der Waals surface area contributed by atoms with Gasteiger partial charge in [-0.3, -0.25) is 4.79 Å². The molecule has 2 rings (SSSR count). The van der Waals surface area contributed by atoms with Gasteiger partial charge in [0.05, 0.1) is 4.88 Å². The predicted octanol–water partition coefficient (Wildman–Crippen LogP) is 3.42. The number of likely N-dealkylation sites (N-methyl/N-ethyl adjacent to an activating group) is 1. The van der Waals surface area contributed by atoms with Crippen molar-refractivity contribution in [2.45, 2.75) is 20.8 Å². The zero-order chi connectivity index (χ0) is 15.4. The minimum absolute atomic E-state index is 0.111. The molecule has 1 amide bonds. The second-order valence-electron chi connectivity index (χ2n) is 4.95. The monoisotopic (exact) mass is 308 g/mol. The third-order valence-electron chi connectivity index (χ3n) is 3.72. The van der Waals surface area contributed by atoms with Crippen molar-refractivity contribution in [2.75, 3.05) is 26.2 Å². The van der Waals surface area contributed by atoms with Gasteiger partial charge in [0.25, 0.3) is 5.91 Å². The lowest BCUT2D eigenvalue weighted by atomic mass is 10.1. The lowest BCUT2D eigenvalue weighted by Gasteiger charge is -2.17. The Morgan fingerprint density at radius 2 is 2.05 bits per heavy atom. The summed E-state index contributed by atoms with van der Waals surface area (Å²) in [4.78, 5) is 15.1. The largest absolute Gasteiger partial charge is 0.350 e. The van der Waals surface area contributed by atoms with Gasteiger partial charge in [0, 0.05) is 23.2 Å². The molecule has 114 valence electrons. The van der Waals surface area contributed by atoms with Crippen LogP contribution in [-0.4, -0.2) is 37.0 Å². The summed E-state index contributed by atoms with van der Waals surface area (Å²) in [6.07, 6.45) is 0. The summed E-state index contributed by atoms with van der Waals surface area (Å²) in [6.45, 7) is 9.39. The van der Waals surface area contributed by atoms with Crippen molar-refractivity contribution in [2.24, 2.45) is 0 Å². The Kier molecular flexibility index (Phi) is 5.31. The van der Waals surface area contributed by atoms with E-state index >= 15 is 0 Å². The third-order valence-corrected chi connectivity index (χ3v) is 4.97. The van der Waals surface area contributed by atoms with Crippen molar-refractivity contribution in [1.82, 2.24) is 10.2 Å². The van der Waals surface area contributed by atoms with Crippen molar-refractivity contribution >= 4 is 27.3 Å². The molecule has 0 saturated heterocycles. The van der Waals surface area contributed by atoms with Crippen LogP contribution in [0.15, 0.2) is 18.2 Å². The first kappa shape index (κ1) is 15.9. The van der Waals surface area contributed by atoms with E-state index in [0.29, 0.717) is 16.8 Å². The molecule has 2 aromatic rings. The smallest absolute Gasteiger partial charge is 0.261 e. The zero-order valence-corrected chi connectivity index (χ0v) is 13.5. The van der Waals surface area contributed by atoms with Crippen LogP contribution in [0, 0.1) is 12.7 Å². The average Bonchev–Trinajstić information content (AvgIpc) is 2.82. The van der Waals surface area contributed by atoms with Gasteiger partial charge in [-0.25, -0.2) is 4.39 Å². The van der Waals surface area contributed by atoms with Gasteiger partial charge in [-0.05, 0) is 37.7 Å². The van der Waals surface area contributed by atoms with E-state index < -0.39 is 0 Å².